The van der Waals surface area contributed by atoms with Crippen molar-refractivity contribution in [2.24, 2.45) is 0 Å². The molecule has 4 heteroatoms. The van der Waals surface area contributed by atoms with Crippen LogP contribution in [0.2, 0.25) is 0 Å². The Morgan fingerprint density at radius 1 is 1.00 bits per heavy atom. The van der Waals surface area contributed by atoms with Crippen LogP contribution in [0.4, 0.5) is 0 Å². The summed E-state index contributed by atoms with van der Waals surface area (Å²) in [6.07, 6.45) is 0. The molecule has 0 aromatic heterocycles. The zero-order valence-corrected chi connectivity index (χ0v) is 6.31. The van der Waals surface area contributed by atoms with E-state index in [0.717, 1.165) is 12.6 Å². The number of hydrogen-bond acceptors (Lipinski definition) is 3. The summed E-state index contributed by atoms with van der Waals surface area (Å²) in [7, 11) is 6.36. The Morgan fingerprint density at radius 2 is 1.36 bits per heavy atom. The second-order valence-corrected chi connectivity index (χ2v) is 1.41. The van der Waals surface area contributed by atoms with E-state index in [1.807, 2.05) is 30.3 Å². The summed E-state index contributed by atoms with van der Waals surface area (Å²) >= 11 is 0. The molecular weight excluding hydrogens is 143 g/mol. The van der Waals surface area contributed by atoms with Crippen molar-refractivity contribution in [3.05, 3.63) is 30.3 Å². The van der Waals surface area contributed by atoms with Gasteiger partial charge in [-0.2, -0.15) is 0 Å². The van der Waals surface area contributed by atoms with Crippen LogP contribution < -0.4 is 5.46 Å². The molecular formula is C7H11BO3. The maximum absolute atomic E-state index is 7.00. The van der Waals surface area contributed by atoms with Crippen molar-refractivity contribution in [3.8, 4) is 0 Å². The molecule has 1 aromatic carbocycles. The average Bonchev–Trinajstić information content (AvgIpc) is 1.94. The predicted molar refractivity (Wildman–Crippen MR) is 43.8 cm³/mol. The van der Waals surface area contributed by atoms with Gasteiger partial charge in [0.05, 0.1) is 0 Å². The van der Waals surface area contributed by atoms with E-state index < -0.39 is 0 Å². The molecule has 0 aliphatic rings. The fourth-order valence-corrected chi connectivity index (χ4v) is 0.453. The summed E-state index contributed by atoms with van der Waals surface area (Å²) in [5.41, 5.74) is 0.822. The number of rotatable bonds is 0. The Balaban J connectivity index is -0.000000149. The minimum atomic E-state index is 0. The fourth-order valence-electron chi connectivity index (χ4n) is 0.453. The summed E-state index contributed by atoms with van der Waals surface area (Å²) in [4.78, 5) is 0. The molecule has 0 saturated carbocycles. The largest absolute Gasteiger partial charge is 0.870 e. The van der Waals surface area contributed by atoms with E-state index >= 15 is 0 Å². The molecule has 0 heterocycles. The molecule has 0 atom stereocenters. The SMILES string of the molecule is CO.[B+2]c1ccccc1.[OH-].[OH-]. The van der Waals surface area contributed by atoms with E-state index in [1.54, 1.807) is 0 Å². The van der Waals surface area contributed by atoms with Crippen LogP contribution in [0.3, 0.4) is 0 Å². The first-order valence-electron chi connectivity index (χ1n) is 2.65. The van der Waals surface area contributed by atoms with Crippen LogP contribution >= 0.6 is 0 Å². The van der Waals surface area contributed by atoms with Crippen LogP contribution in [0.15, 0.2) is 30.3 Å². The molecule has 0 aliphatic heterocycles. The van der Waals surface area contributed by atoms with Gasteiger partial charge in [-0.1, -0.05) is 0 Å². The maximum atomic E-state index is 7.00. The van der Waals surface area contributed by atoms with Crippen LogP contribution in [0, 0.1) is 0 Å². The maximum Gasteiger partial charge on any atom is -0.870 e. The molecule has 0 unspecified atom stereocenters. The topological polar surface area (TPSA) is 80.2 Å². The van der Waals surface area contributed by atoms with E-state index in [9.17, 15) is 0 Å². The monoisotopic (exact) mass is 154 g/mol. The molecule has 0 bridgehead atoms. The third-order valence-corrected chi connectivity index (χ3v) is 0.800. The number of benzene rings is 1. The van der Waals surface area contributed by atoms with E-state index in [-0.39, 0.29) is 11.0 Å². The van der Waals surface area contributed by atoms with Crippen molar-refractivity contribution in [1.82, 2.24) is 0 Å². The number of aliphatic hydroxyl groups excluding tert-OH is 1. The Labute approximate surface area is 67.7 Å². The van der Waals surface area contributed by atoms with Crippen LogP contribution in [-0.2, 0) is 0 Å². The first-order chi connectivity index (χ1) is 4.39. The standard InChI is InChI=1S/C6H5B.CH4O.2H2O/c7-6-4-2-1-3-5-6;1-2;;/h1-5H;2H,1H3;2*1H2/q+2;;;/p-2. The molecule has 0 radical (unpaired) electrons. The smallest absolute Gasteiger partial charge is 0.870 e. The molecule has 1 rings (SSSR count). The quantitative estimate of drug-likeness (QED) is 0.522. The molecule has 3 N–H and O–H groups in total. The van der Waals surface area contributed by atoms with Gasteiger partial charge in [0.2, 0.25) is 0 Å². The van der Waals surface area contributed by atoms with Crippen molar-refractivity contribution in [2.45, 2.75) is 0 Å². The zero-order chi connectivity index (χ0) is 7.11. The molecule has 3 nitrogen and oxygen atoms in total. The second kappa shape index (κ2) is 11.9. The van der Waals surface area contributed by atoms with Crippen molar-refractivity contribution in [3.63, 3.8) is 0 Å². The fraction of sp³-hybridized carbons (Fsp3) is 0.143. The number of hydrogen-bond donors (Lipinski definition) is 1. The van der Waals surface area contributed by atoms with Gasteiger partial charge in [-0.3, -0.25) is 0 Å². The zero-order valence-electron chi connectivity index (χ0n) is 6.31. The van der Waals surface area contributed by atoms with E-state index in [2.05, 4.69) is 0 Å². The summed E-state index contributed by atoms with van der Waals surface area (Å²) in [6, 6.07) is 9.49. The van der Waals surface area contributed by atoms with Gasteiger partial charge in [-0.05, 0) is 0 Å². The van der Waals surface area contributed by atoms with Crippen molar-refractivity contribution in [2.75, 3.05) is 7.11 Å². The first kappa shape index (κ1) is 16.6. The minimum Gasteiger partial charge on any atom is -0.870 e. The Hall–Kier alpha value is -0.835. The Morgan fingerprint density at radius 3 is 1.55 bits per heavy atom. The molecule has 0 fully saturated rings. The van der Waals surface area contributed by atoms with E-state index in [1.165, 1.54) is 0 Å². The van der Waals surface area contributed by atoms with Crippen LogP contribution in [0.25, 0.3) is 0 Å². The average molecular weight is 154 g/mol. The van der Waals surface area contributed by atoms with Crippen LogP contribution in [-0.4, -0.2) is 31.0 Å². The Bertz CT molecular complexity index is 144. The Kier molecular flexibility index (Phi) is 18.0. The third kappa shape index (κ3) is 9.16. The molecule has 11 heavy (non-hydrogen) atoms. The summed E-state index contributed by atoms with van der Waals surface area (Å²) in [6.45, 7) is 0. The van der Waals surface area contributed by atoms with Crippen molar-refractivity contribution < 1.29 is 16.1 Å². The molecule has 0 spiro atoms. The van der Waals surface area contributed by atoms with Gasteiger partial charge in [0.1, 0.15) is 0 Å². The van der Waals surface area contributed by atoms with Crippen LogP contribution in [0.5, 0.6) is 0 Å². The molecule has 0 saturated heterocycles. The van der Waals surface area contributed by atoms with Gasteiger partial charge in [0, 0.05) is 7.11 Å². The molecule has 0 amide bonds. The molecule has 0 aliphatic carbocycles. The molecule has 1 aromatic rings. The summed E-state index contributed by atoms with van der Waals surface area (Å²) < 4.78 is 0. The van der Waals surface area contributed by atoms with E-state index in [0.29, 0.717) is 0 Å². The van der Waals surface area contributed by atoms with E-state index in [4.69, 9.17) is 13.0 Å². The molecule has 60 valence electrons. The van der Waals surface area contributed by atoms with Crippen molar-refractivity contribution in [1.29, 1.82) is 0 Å². The van der Waals surface area contributed by atoms with Crippen molar-refractivity contribution >= 4 is 13.3 Å². The second-order valence-electron chi connectivity index (χ2n) is 1.41. The summed E-state index contributed by atoms with van der Waals surface area (Å²) in [5, 5.41) is 7.00. The first-order valence-corrected chi connectivity index (χ1v) is 2.65. The van der Waals surface area contributed by atoms with Gasteiger partial charge in [-0.25, -0.2) is 0 Å². The minimum absolute atomic E-state index is 0. The van der Waals surface area contributed by atoms with Gasteiger partial charge < -0.3 is 16.1 Å². The van der Waals surface area contributed by atoms with Crippen LogP contribution in [0.1, 0.15) is 0 Å². The number of aliphatic hydroxyl groups is 1. The van der Waals surface area contributed by atoms with Gasteiger partial charge >= 0.3 is 43.6 Å². The third-order valence-electron chi connectivity index (χ3n) is 0.800. The van der Waals surface area contributed by atoms with Gasteiger partial charge in [0.25, 0.3) is 0 Å². The normalized spacial score (nSPS) is 6.18. The van der Waals surface area contributed by atoms with Gasteiger partial charge in [0.15, 0.2) is 0 Å². The summed E-state index contributed by atoms with van der Waals surface area (Å²) in [5.74, 6) is 0. The predicted octanol–water partition coefficient (Wildman–Crippen LogP) is -0.265. The van der Waals surface area contributed by atoms with Gasteiger partial charge in [-0.15, -0.1) is 0 Å².